The second kappa shape index (κ2) is 7.62. The van der Waals surface area contributed by atoms with Crippen LogP contribution >= 0.6 is 0 Å². The van der Waals surface area contributed by atoms with Crippen molar-refractivity contribution in [1.29, 1.82) is 0 Å². The first-order valence-corrected chi connectivity index (χ1v) is 9.84. The van der Waals surface area contributed by atoms with Gasteiger partial charge in [0.1, 0.15) is 0 Å². The minimum atomic E-state index is -0.900. The molecule has 0 radical (unpaired) electrons. The smallest absolute Gasteiger partial charge is 0.253 e. The third-order valence-electron chi connectivity index (χ3n) is 4.23. The zero-order valence-electron chi connectivity index (χ0n) is 13.9. The number of carbonyl (C=O) groups is 1. The summed E-state index contributed by atoms with van der Waals surface area (Å²) < 4.78 is 11.4. The maximum absolute atomic E-state index is 12.7. The van der Waals surface area contributed by atoms with E-state index in [1.54, 1.807) is 6.26 Å². The number of hydrogen-bond acceptors (Lipinski definition) is 3. The molecule has 2 aromatic rings. The van der Waals surface area contributed by atoms with Gasteiger partial charge in [-0.1, -0.05) is 30.3 Å². The molecule has 1 heterocycles. The Morgan fingerprint density at radius 2 is 1.71 bits per heavy atom. The number of para-hydroxylation sites is 1. The van der Waals surface area contributed by atoms with Gasteiger partial charge in [0.15, 0.2) is 0 Å². The molecule has 0 spiro atoms. The van der Waals surface area contributed by atoms with Gasteiger partial charge >= 0.3 is 0 Å². The third-order valence-corrected chi connectivity index (χ3v) is 4.97. The largest absolute Gasteiger partial charge is 0.368 e. The van der Waals surface area contributed by atoms with Crippen molar-refractivity contribution in [1.82, 2.24) is 4.90 Å². The summed E-state index contributed by atoms with van der Waals surface area (Å²) in [5.74, 6) is 0.551. The molecule has 5 heteroatoms. The van der Waals surface area contributed by atoms with Crippen LogP contribution in [0.4, 0.5) is 5.69 Å². The highest BCUT2D eigenvalue weighted by molar-refractivity contribution is 7.83. The fourth-order valence-corrected chi connectivity index (χ4v) is 3.67. The number of piperazine rings is 1. The fourth-order valence-electron chi connectivity index (χ4n) is 3.02. The monoisotopic (exact) mass is 342 g/mol. The highest BCUT2D eigenvalue weighted by Crippen LogP contribution is 2.17. The van der Waals surface area contributed by atoms with E-state index in [4.69, 9.17) is 0 Å². The molecule has 1 aliphatic heterocycles. The van der Waals surface area contributed by atoms with Crippen molar-refractivity contribution in [3.63, 3.8) is 0 Å². The second-order valence-corrected chi connectivity index (χ2v) is 7.47. The second-order valence-electron chi connectivity index (χ2n) is 6.03. The summed E-state index contributed by atoms with van der Waals surface area (Å²) in [5, 5.41) is 0. The van der Waals surface area contributed by atoms with Crippen LogP contribution in [0.5, 0.6) is 0 Å². The van der Waals surface area contributed by atoms with E-state index in [0.717, 1.165) is 31.7 Å². The number of carbonyl (C=O) groups excluding carboxylic acids is 1. The lowest BCUT2D eigenvalue weighted by Crippen LogP contribution is -2.48. The summed E-state index contributed by atoms with van der Waals surface area (Å²) >= 11 is 0. The molecule has 24 heavy (non-hydrogen) atoms. The average Bonchev–Trinajstić information content (AvgIpc) is 2.62. The SMILES string of the molecule is CS(=O)Cc1cccc(C(=O)N2CCN(c3ccccc3)CC2)c1. The van der Waals surface area contributed by atoms with Gasteiger partial charge in [0.2, 0.25) is 0 Å². The maximum atomic E-state index is 12.7. The molecule has 126 valence electrons. The Labute approximate surface area is 145 Å². The molecule has 2 aromatic carbocycles. The normalized spacial score (nSPS) is 16.0. The summed E-state index contributed by atoms with van der Waals surface area (Å²) in [7, 11) is -0.900. The molecule has 0 N–H and O–H groups in total. The molecule has 1 fully saturated rings. The zero-order valence-corrected chi connectivity index (χ0v) is 14.7. The number of benzene rings is 2. The Hall–Kier alpha value is -2.14. The number of amides is 1. The van der Waals surface area contributed by atoms with Crippen molar-refractivity contribution in [2.45, 2.75) is 5.75 Å². The van der Waals surface area contributed by atoms with Gasteiger partial charge in [-0.15, -0.1) is 0 Å². The fraction of sp³-hybridized carbons (Fsp3) is 0.316. The predicted molar refractivity (Wildman–Crippen MR) is 98.8 cm³/mol. The van der Waals surface area contributed by atoms with Crippen molar-refractivity contribution in [3.8, 4) is 0 Å². The van der Waals surface area contributed by atoms with E-state index in [0.29, 0.717) is 11.3 Å². The molecule has 3 rings (SSSR count). The minimum Gasteiger partial charge on any atom is -0.368 e. The van der Waals surface area contributed by atoms with Gasteiger partial charge in [-0.25, -0.2) is 0 Å². The molecule has 0 aliphatic carbocycles. The van der Waals surface area contributed by atoms with E-state index in [9.17, 15) is 9.00 Å². The van der Waals surface area contributed by atoms with Crippen molar-refractivity contribution >= 4 is 22.4 Å². The van der Waals surface area contributed by atoms with Gasteiger partial charge in [-0.2, -0.15) is 0 Å². The standard InChI is InChI=1S/C19H22N2O2S/c1-24(23)15-16-6-5-7-17(14-16)19(22)21-12-10-20(11-13-21)18-8-3-2-4-9-18/h2-9,14H,10-13,15H2,1H3. The lowest BCUT2D eigenvalue weighted by atomic mass is 10.1. The van der Waals surface area contributed by atoms with Crippen LogP contribution in [0.25, 0.3) is 0 Å². The number of rotatable bonds is 4. The third kappa shape index (κ3) is 4.03. The van der Waals surface area contributed by atoms with E-state index in [1.807, 2.05) is 47.4 Å². The summed E-state index contributed by atoms with van der Waals surface area (Å²) in [6.07, 6.45) is 1.68. The van der Waals surface area contributed by atoms with Crippen molar-refractivity contribution < 1.29 is 9.00 Å². The Balaban J connectivity index is 1.64. The van der Waals surface area contributed by atoms with Crippen LogP contribution in [-0.4, -0.2) is 47.5 Å². The summed E-state index contributed by atoms with van der Waals surface area (Å²) in [5.41, 5.74) is 2.84. The molecule has 1 amide bonds. The molecule has 0 saturated carbocycles. The molecule has 1 unspecified atom stereocenters. The van der Waals surface area contributed by atoms with E-state index < -0.39 is 10.8 Å². The van der Waals surface area contributed by atoms with Crippen molar-refractivity contribution in [3.05, 3.63) is 65.7 Å². The highest BCUT2D eigenvalue weighted by Gasteiger charge is 2.22. The summed E-state index contributed by atoms with van der Waals surface area (Å²) in [6, 6.07) is 17.8. The lowest BCUT2D eigenvalue weighted by Gasteiger charge is -2.36. The number of anilines is 1. The Bertz CT molecular complexity index is 725. The van der Waals surface area contributed by atoms with E-state index >= 15 is 0 Å². The Morgan fingerprint density at radius 1 is 1.00 bits per heavy atom. The van der Waals surface area contributed by atoms with Crippen LogP contribution in [0.3, 0.4) is 0 Å². The van der Waals surface area contributed by atoms with E-state index in [2.05, 4.69) is 17.0 Å². The van der Waals surface area contributed by atoms with E-state index in [1.165, 1.54) is 5.69 Å². The molecule has 0 aromatic heterocycles. The number of nitrogens with zero attached hydrogens (tertiary/aromatic N) is 2. The first-order valence-electron chi connectivity index (χ1n) is 8.12. The number of hydrogen-bond donors (Lipinski definition) is 0. The molecule has 1 atom stereocenters. The van der Waals surface area contributed by atoms with Crippen LogP contribution in [0.15, 0.2) is 54.6 Å². The predicted octanol–water partition coefficient (Wildman–Crippen LogP) is 2.53. The molecular formula is C19H22N2O2S. The van der Waals surface area contributed by atoms with Gasteiger partial charge < -0.3 is 9.80 Å². The van der Waals surface area contributed by atoms with Crippen molar-refractivity contribution in [2.24, 2.45) is 0 Å². The Morgan fingerprint density at radius 3 is 2.38 bits per heavy atom. The first-order chi connectivity index (χ1) is 11.6. The van der Waals surface area contributed by atoms with Gasteiger partial charge in [0, 0.05) is 60.2 Å². The van der Waals surface area contributed by atoms with Crippen LogP contribution in [-0.2, 0) is 16.6 Å². The topological polar surface area (TPSA) is 40.6 Å². The Kier molecular flexibility index (Phi) is 5.30. The van der Waals surface area contributed by atoms with E-state index in [-0.39, 0.29) is 5.91 Å². The molecule has 1 aliphatic rings. The molecule has 4 nitrogen and oxygen atoms in total. The van der Waals surface area contributed by atoms with Crippen molar-refractivity contribution in [2.75, 3.05) is 37.3 Å². The minimum absolute atomic E-state index is 0.0615. The zero-order chi connectivity index (χ0) is 16.9. The van der Waals surface area contributed by atoms with Gasteiger partial charge in [-0.05, 0) is 29.8 Å². The molecule has 0 bridgehead atoms. The van der Waals surface area contributed by atoms with Crippen LogP contribution in [0, 0.1) is 0 Å². The quantitative estimate of drug-likeness (QED) is 0.857. The molecule has 1 saturated heterocycles. The first kappa shape index (κ1) is 16.7. The highest BCUT2D eigenvalue weighted by atomic mass is 32.2. The van der Waals surface area contributed by atoms with Gasteiger partial charge in [-0.3, -0.25) is 9.00 Å². The average molecular weight is 342 g/mol. The van der Waals surface area contributed by atoms with Crippen LogP contribution < -0.4 is 4.90 Å². The van der Waals surface area contributed by atoms with Gasteiger partial charge in [0.05, 0.1) is 0 Å². The lowest BCUT2D eigenvalue weighted by molar-refractivity contribution is 0.0746. The van der Waals surface area contributed by atoms with Crippen LogP contribution in [0.1, 0.15) is 15.9 Å². The summed E-state index contributed by atoms with van der Waals surface area (Å²) in [4.78, 5) is 16.9. The summed E-state index contributed by atoms with van der Waals surface area (Å²) in [6.45, 7) is 3.12. The molecular weight excluding hydrogens is 320 g/mol. The van der Waals surface area contributed by atoms with Crippen LogP contribution in [0.2, 0.25) is 0 Å². The maximum Gasteiger partial charge on any atom is 0.253 e. The van der Waals surface area contributed by atoms with Gasteiger partial charge in [0.25, 0.3) is 5.91 Å².